The molecule has 32 heavy (non-hydrogen) atoms. The molecule has 1 saturated heterocycles. The summed E-state index contributed by atoms with van der Waals surface area (Å²) in [5.74, 6) is 0.220. The van der Waals surface area contributed by atoms with Gasteiger partial charge in [-0.15, -0.1) is 0 Å². The van der Waals surface area contributed by atoms with E-state index in [-0.39, 0.29) is 5.90 Å². The maximum atomic E-state index is 12.3. The van der Waals surface area contributed by atoms with Gasteiger partial charge in [-0.25, -0.2) is 4.79 Å². The van der Waals surface area contributed by atoms with Crippen LogP contribution in [0.1, 0.15) is 31.7 Å². The second-order valence-electron chi connectivity index (χ2n) is 8.36. The lowest BCUT2D eigenvalue weighted by Crippen LogP contribution is -2.50. The fourth-order valence-electron chi connectivity index (χ4n) is 3.90. The third kappa shape index (κ3) is 5.70. The Morgan fingerprint density at radius 3 is 2.66 bits per heavy atom. The molecule has 0 unspecified atom stereocenters. The number of hydrogen-bond donors (Lipinski definition) is 1. The van der Waals surface area contributed by atoms with E-state index >= 15 is 0 Å². The number of likely N-dealkylation sites (N-methyl/N-ethyl adjacent to an activating group) is 1. The van der Waals surface area contributed by atoms with Gasteiger partial charge in [0.25, 0.3) is 10.2 Å². The molecule has 2 heterocycles. The Morgan fingerprint density at radius 2 is 2.03 bits per heavy atom. The average molecular weight is 468 g/mol. The lowest BCUT2D eigenvalue weighted by Gasteiger charge is -2.37. The normalized spacial score (nSPS) is 18.3. The molecule has 1 spiro atoms. The number of benzene rings is 1. The molecule has 1 fully saturated rings. The van der Waals surface area contributed by atoms with E-state index in [4.69, 9.17) is 9.57 Å². The zero-order chi connectivity index (χ0) is 23.4. The number of ether oxygens (including phenoxy) is 1. The highest BCUT2D eigenvalue weighted by molar-refractivity contribution is 7.86. The van der Waals surface area contributed by atoms with Crippen molar-refractivity contribution in [2.75, 3.05) is 51.7 Å². The Kier molecular flexibility index (Phi) is 7.63. The number of carbonyl (C=O) groups is 1. The molecule has 0 radical (unpaired) electrons. The van der Waals surface area contributed by atoms with Crippen molar-refractivity contribution in [3.05, 3.63) is 29.8 Å². The van der Waals surface area contributed by atoms with Gasteiger partial charge in [0.15, 0.2) is 0 Å². The first-order valence-electron chi connectivity index (χ1n) is 10.9. The molecule has 2 aliphatic rings. The van der Waals surface area contributed by atoms with Crippen LogP contribution in [0.5, 0.6) is 0 Å². The smallest absolute Gasteiger partial charge is 0.392 e. The van der Waals surface area contributed by atoms with Gasteiger partial charge in [-0.05, 0) is 31.5 Å². The van der Waals surface area contributed by atoms with Gasteiger partial charge < -0.3 is 19.8 Å². The van der Waals surface area contributed by atoms with Crippen molar-refractivity contribution >= 4 is 27.9 Å². The lowest BCUT2D eigenvalue weighted by molar-refractivity contribution is -0.0510. The summed E-state index contributed by atoms with van der Waals surface area (Å²) in [5, 5.41) is 6.69. The third-order valence-electron chi connectivity index (χ3n) is 5.85. The number of carbonyl (C=O) groups excluding carboxylic acids is 1. The van der Waals surface area contributed by atoms with Crippen LogP contribution in [-0.2, 0) is 19.8 Å². The summed E-state index contributed by atoms with van der Waals surface area (Å²) >= 11 is 0. The number of rotatable bonds is 7. The summed E-state index contributed by atoms with van der Waals surface area (Å²) in [6, 6.07) is 8.23. The molecule has 11 heteroatoms. The van der Waals surface area contributed by atoms with E-state index in [1.165, 1.54) is 28.3 Å². The molecule has 178 valence electrons. The molecule has 0 atom stereocenters. The van der Waals surface area contributed by atoms with Gasteiger partial charge in [-0.3, -0.25) is 0 Å². The average Bonchev–Trinajstić information content (AvgIpc) is 3.13. The number of aryl methyl sites for hydroxylation is 1. The van der Waals surface area contributed by atoms with E-state index in [0.29, 0.717) is 45.4 Å². The minimum Gasteiger partial charge on any atom is -0.392 e. The predicted octanol–water partition coefficient (Wildman–Crippen LogP) is 1.92. The molecule has 1 aromatic rings. The van der Waals surface area contributed by atoms with Crippen molar-refractivity contribution < 1.29 is 22.8 Å². The van der Waals surface area contributed by atoms with E-state index in [2.05, 4.69) is 41.4 Å². The van der Waals surface area contributed by atoms with Crippen LogP contribution < -0.4 is 10.2 Å². The molecule has 1 N–H and O–H groups in total. The van der Waals surface area contributed by atoms with Gasteiger partial charge in [0.2, 0.25) is 5.90 Å². The molecule has 2 aliphatic heterocycles. The van der Waals surface area contributed by atoms with Crippen LogP contribution in [0.15, 0.2) is 29.4 Å². The highest BCUT2D eigenvalue weighted by Gasteiger charge is 2.45. The van der Waals surface area contributed by atoms with E-state index in [1.54, 1.807) is 0 Å². The summed E-state index contributed by atoms with van der Waals surface area (Å²) in [6.45, 7) is 6.69. The first kappa shape index (κ1) is 24.3. The van der Waals surface area contributed by atoms with Crippen molar-refractivity contribution in [3.63, 3.8) is 0 Å². The van der Waals surface area contributed by atoms with Crippen LogP contribution in [0.3, 0.4) is 0 Å². The summed E-state index contributed by atoms with van der Waals surface area (Å²) in [4.78, 5) is 20.0. The van der Waals surface area contributed by atoms with E-state index < -0.39 is 21.9 Å². The molecular weight excluding hydrogens is 434 g/mol. The van der Waals surface area contributed by atoms with E-state index in [0.717, 1.165) is 12.2 Å². The van der Waals surface area contributed by atoms with Crippen LogP contribution >= 0.6 is 0 Å². The van der Waals surface area contributed by atoms with Crippen molar-refractivity contribution in [2.45, 2.75) is 38.7 Å². The monoisotopic (exact) mass is 467 g/mol. The first-order valence-corrected chi connectivity index (χ1v) is 12.2. The van der Waals surface area contributed by atoms with Crippen molar-refractivity contribution in [1.82, 2.24) is 13.9 Å². The summed E-state index contributed by atoms with van der Waals surface area (Å²) in [7, 11) is -0.419. The second kappa shape index (κ2) is 10.1. The minimum absolute atomic E-state index is 0.220. The molecule has 0 aliphatic carbocycles. The van der Waals surface area contributed by atoms with E-state index in [9.17, 15) is 13.2 Å². The molecule has 3 rings (SSSR count). The molecule has 1 aromatic carbocycles. The van der Waals surface area contributed by atoms with Crippen LogP contribution in [0, 0.1) is 6.92 Å². The summed E-state index contributed by atoms with van der Waals surface area (Å²) in [5.41, 5.74) is 1.69. The first-order chi connectivity index (χ1) is 15.1. The highest BCUT2D eigenvalue weighted by atomic mass is 32.2. The number of oxime groups is 1. The van der Waals surface area contributed by atoms with Crippen molar-refractivity contribution in [2.24, 2.45) is 5.16 Å². The Hall–Kier alpha value is -2.37. The number of hydrogen-bond acceptors (Lipinski definition) is 7. The largest absolute Gasteiger partial charge is 0.413 e. The van der Waals surface area contributed by atoms with Crippen LogP contribution in [0.25, 0.3) is 0 Å². The van der Waals surface area contributed by atoms with Crippen LogP contribution in [0.2, 0.25) is 0 Å². The fourth-order valence-corrected chi connectivity index (χ4v) is 5.00. The maximum absolute atomic E-state index is 12.3. The van der Waals surface area contributed by atoms with Gasteiger partial charge in [0.1, 0.15) is 5.60 Å². The number of anilines is 1. The number of nitrogens with one attached hydrogen (secondary N) is 1. The second-order valence-corrected chi connectivity index (χ2v) is 10.5. The van der Waals surface area contributed by atoms with Gasteiger partial charge in [0, 0.05) is 65.3 Å². The van der Waals surface area contributed by atoms with Crippen molar-refractivity contribution in [1.29, 1.82) is 0 Å². The van der Waals surface area contributed by atoms with Gasteiger partial charge in [-0.2, -0.15) is 17.0 Å². The maximum Gasteiger partial charge on any atom is 0.413 e. The summed E-state index contributed by atoms with van der Waals surface area (Å²) < 4.78 is 32.5. The minimum atomic E-state index is -3.45. The highest BCUT2D eigenvalue weighted by Crippen LogP contribution is 2.35. The van der Waals surface area contributed by atoms with Crippen LogP contribution in [-0.4, -0.2) is 81.4 Å². The van der Waals surface area contributed by atoms with E-state index in [1.807, 2.05) is 12.1 Å². The van der Waals surface area contributed by atoms with Gasteiger partial charge >= 0.3 is 6.09 Å². The quantitative estimate of drug-likeness (QED) is 0.657. The Morgan fingerprint density at radius 1 is 1.31 bits per heavy atom. The zero-order valence-corrected chi connectivity index (χ0v) is 20.0. The predicted molar refractivity (Wildman–Crippen MR) is 123 cm³/mol. The molecule has 10 nitrogen and oxygen atoms in total. The Balaban J connectivity index is 1.42. The number of nitrogens with zero attached hydrogens (tertiary/aromatic N) is 4. The van der Waals surface area contributed by atoms with Crippen LogP contribution in [0.4, 0.5) is 10.5 Å². The van der Waals surface area contributed by atoms with Gasteiger partial charge in [0.05, 0.1) is 6.42 Å². The fraction of sp³-hybridized carbons (Fsp3) is 0.619. The summed E-state index contributed by atoms with van der Waals surface area (Å²) in [6.07, 6.45) is 0.748. The molecule has 0 aromatic heterocycles. The molecule has 0 saturated carbocycles. The van der Waals surface area contributed by atoms with Crippen molar-refractivity contribution in [3.8, 4) is 0 Å². The Bertz CT molecular complexity index is 942. The lowest BCUT2D eigenvalue weighted by atomic mass is 9.89. The topological polar surface area (TPSA) is 104 Å². The third-order valence-corrected chi connectivity index (χ3v) is 7.79. The number of alkyl carbamates (subject to hydrolysis) is 1. The SMILES string of the molecule is CCN(CCNC(=O)OC1=NOC2(CCN(S(=O)(=O)N(C)C)CC2)C1)c1cccc(C)c1. The Labute approximate surface area is 190 Å². The molecular formula is C21H33N5O5S. The van der Waals surface area contributed by atoms with Gasteiger partial charge in [-0.1, -0.05) is 17.3 Å². The molecule has 1 amide bonds. The number of piperidine rings is 1. The zero-order valence-electron chi connectivity index (χ0n) is 19.2. The molecule has 0 bridgehead atoms. The standard InChI is InChI=1S/C21H33N5O5S/c1-5-25(18-8-6-7-17(2)15-18)14-11-22-20(27)30-19-16-21(31-23-19)9-12-26(13-10-21)32(28,29)24(3)4/h6-8,15H,5,9-14,16H2,1-4H3,(H,22,27). The number of amides is 1.